The Hall–Kier alpha value is -1.66. The third-order valence-electron chi connectivity index (χ3n) is 3.49. The first-order chi connectivity index (χ1) is 9.92. The summed E-state index contributed by atoms with van der Waals surface area (Å²) in [5, 5.41) is 4.15. The van der Waals surface area contributed by atoms with Gasteiger partial charge in [-0.05, 0) is 32.3 Å². The van der Waals surface area contributed by atoms with Crippen LogP contribution in [0.3, 0.4) is 0 Å². The number of nitrogens with one attached hydrogen (secondary N) is 1. The Morgan fingerprint density at radius 3 is 2.43 bits per heavy atom. The van der Waals surface area contributed by atoms with E-state index in [1.807, 2.05) is 30.3 Å². The number of nitrogens with zero attached hydrogens (tertiary/aromatic N) is 2. The Balaban J connectivity index is 1.96. The summed E-state index contributed by atoms with van der Waals surface area (Å²) in [7, 11) is -1.74. The van der Waals surface area contributed by atoms with E-state index in [4.69, 9.17) is 0 Å². The second-order valence-electron chi connectivity index (χ2n) is 5.11. The highest BCUT2D eigenvalue weighted by atomic mass is 32.2. The molecule has 21 heavy (non-hydrogen) atoms. The fraction of sp³-hybridized carbons (Fsp3) is 0.400. The molecular weight excluding hydrogens is 286 g/mol. The summed E-state index contributed by atoms with van der Waals surface area (Å²) >= 11 is 0. The summed E-state index contributed by atoms with van der Waals surface area (Å²) in [5.74, 6) is 0. The zero-order valence-corrected chi connectivity index (χ0v) is 13.4. The van der Waals surface area contributed by atoms with Crippen molar-refractivity contribution in [2.24, 2.45) is 7.05 Å². The zero-order chi connectivity index (χ0) is 15.5. The maximum absolute atomic E-state index is 12.3. The predicted octanol–water partition coefficient (Wildman–Crippen LogP) is 1.95. The molecule has 0 saturated carbocycles. The van der Waals surface area contributed by atoms with Gasteiger partial charge >= 0.3 is 0 Å². The topological polar surface area (TPSA) is 64.0 Å². The van der Waals surface area contributed by atoms with Crippen LogP contribution in [-0.2, 0) is 23.5 Å². The van der Waals surface area contributed by atoms with Crippen molar-refractivity contribution in [2.45, 2.75) is 31.6 Å². The van der Waals surface area contributed by atoms with E-state index in [-0.39, 0.29) is 0 Å². The highest BCUT2D eigenvalue weighted by molar-refractivity contribution is 7.89. The quantitative estimate of drug-likeness (QED) is 0.830. The standard InChI is InChI=1S/C15H21N3O2S/c1-12-15(13(2)18(3)17-12)21(19,20)16-11-7-10-14-8-5-4-6-9-14/h4-6,8-9,16H,7,10-11H2,1-3H3. The Morgan fingerprint density at radius 1 is 1.19 bits per heavy atom. The largest absolute Gasteiger partial charge is 0.271 e. The van der Waals surface area contributed by atoms with E-state index in [0.717, 1.165) is 12.8 Å². The fourth-order valence-electron chi connectivity index (χ4n) is 2.36. The number of rotatable bonds is 6. The van der Waals surface area contributed by atoms with E-state index in [9.17, 15) is 8.42 Å². The number of hydrogen-bond donors (Lipinski definition) is 1. The van der Waals surface area contributed by atoms with Gasteiger partial charge in [0.05, 0.1) is 11.4 Å². The van der Waals surface area contributed by atoms with Crippen LogP contribution >= 0.6 is 0 Å². The number of hydrogen-bond acceptors (Lipinski definition) is 3. The SMILES string of the molecule is Cc1nn(C)c(C)c1S(=O)(=O)NCCCc1ccccc1. The van der Waals surface area contributed by atoms with Crippen molar-refractivity contribution in [3.05, 3.63) is 47.3 Å². The van der Waals surface area contributed by atoms with E-state index >= 15 is 0 Å². The maximum Gasteiger partial charge on any atom is 0.244 e. The minimum absolute atomic E-state index is 0.296. The lowest BCUT2D eigenvalue weighted by molar-refractivity contribution is 0.577. The van der Waals surface area contributed by atoms with Crippen LogP contribution in [0.25, 0.3) is 0 Å². The van der Waals surface area contributed by atoms with Gasteiger partial charge in [0.15, 0.2) is 0 Å². The summed E-state index contributed by atoms with van der Waals surface area (Å²) in [6.07, 6.45) is 1.62. The second-order valence-corrected chi connectivity index (χ2v) is 6.81. The van der Waals surface area contributed by atoms with Gasteiger partial charge in [-0.3, -0.25) is 4.68 Å². The van der Waals surface area contributed by atoms with E-state index in [0.29, 0.717) is 22.8 Å². The van der Waals surface area contributed by atoms with Gasteiger partial charge in [0.2, 0.25) is 10.0 Å². The van der Waals surface area contributed by atoms with Crippen LogP contribution in [0, 0.1) is 13.8 Å². The van der Waals surface area contributed by atoms with E-state index in [1.54, 1.807) is 25.6 Å². The first kappa shape index (κ1) is 15.7. The van der Waals surface area contributed by atoms with Crippen molar-refractivity contribution in [3.8, 4) is 0 Å². The second kappa shape index (κ2) is 6.41. The predicted molar refractivity (Wildman–Crippen MR) is 82.6 cm³/mol. The summed E-state index contributed by atoms with van der Waals surface area (Å²) < 4.78 is 28.9. The van der Waals surface area contributed by atoms with Gasteiger partial charge in [0.1, 0.15) is 4.90 Å². The molecule has 1 N–H and O–H groups in total. The monoisotopic (exact) mass is 307 g/mol. The van der Waals surface area contributed by atoms with Crippen LogP contribution in [0.1, 0.15) is 23.4 Å². The molecule has 0 spiro atoms. The Morgan fingerprint density at radius 2 is 1.86 bits per heavy atom. The lowest BCUT2D eigenvalue weighted by atomic mass is 10.1. The van der Waals surface area contributed by atoms with Gasteiger partial charge in [0, 0.05) is 13.6 Å². The van der Waals surface area contributed by atoms with Crippen LogP contribution in [0.15, 0.2) is 35.2 Å². The summed E-state index contributed by atoms with van der Waals surface area (Å²) in [6, 6.07) is 10.0. The lowest BCUT2D eigenvalue weighted by Crippen LogP contribution is -2.26. The van der Waals surface area contributed by atoms with Crippen LogP contribution < -0.4 is 4.72 Å². The van der Waals surface area contributed by atoms with Crippen LogP contribution in [0.4, 0.5) is 0 Å². The fourth-order valence-corrected chi connectivity index (χ4v) is 3.87. The van der Waals surface area contributed by atoms with Crippen molar-refractivity contribution in [3.63, 3.8) is 0 Å². The molecule has 1 aromatic heterocycles. The maximum atomic E-state index is 12.3. The molecule has 0 bridgehead atoms. The van der Waals surface area contributed by atoms with Crippen LogP contribution in [0.2, 0.25) is 0 Å². The third-order valence-corrected chi connectivity index (χ3v) is 5.20. The Bertz CT molecular complexity index is 706. The zero-order valence-electron chi connectivity index (χ0n) is 12.6. The van der Waals surface area contributed by atoms with Gasteiger partial charge in [-0.1, -0.05) is 30.3 Å². The van der Waals surface area contributed by atoms with Crippen molar-refractivity contribution in [1.82, 2.24) is 14.5 Å². The number of aromatic nitrogens is 2. The minimum atomic E-state index is -3.49. The molecule has 6 heteroatoms. The molecular formula is C15H21N3O2S. The smallest absolute Gasteiger partial charge is 0.244 e. The van der Waals surface area contributed by atoms with Crippen molar-refractivity contribution in [1.29, 1.82) is 0 Å². The van der Waals surface area contributed by atoms with E-state index in [1.165, 1.54) is 5.56 Å². The molecule has 0 fully saturated rings. The van der Waals surface area contributed by atoms with E-state index in [2.05, 4.69) is 9.82 Å². The molecule has 0 aliphatic carbocycles. The molecule has 0 amide bonds. The number of sulfonamides is 1. The molecule has 0 atom stereocenters. The summed E-state index contributed by atoms with van der Waals surface area (Å²) in [4.78, 5) is 0.296. The van der Waals surface area contributed by atoms with E-state index < -0.39 is 10.0 Å². The third kappa shape index (κ3) is 3.71. The van der Waals surface area contributed by atoms with Crippen LogP contribution in [0.5, 0.6) is 0 Å². The van der Waals surface area contributed by atoms with Crippen molar-refractivity contribution >= 4 is 10.0 Å². The first-order valence-corrected chi connectivity index (χ1v) is 8.44. The molecule has 0 saturated heterocycles. The highest BCUT2D eigenvalue weighted by Crippen LogP contribution is 2.18. The van der Waals surface area contributed by atoms with Gasteiger partial charge in [-0.15, -0.1) is 0 Å². The van der Waals surface area contributed by atoms with Gasteiger partial charge in [0.25, 0.3) is 0 Å². The molecule has 0 aliphatic heterocycles. The summed E-state index contributed by atoms with van der Waals surface area (Å²) in [6.45, 7) is 3.90. The van der Waals surface area contributed by atoms with Crippen LogP contribution in [-0.4, -0.2) is 24.7 Å². The lowest BCUT2D eigenvalue weighted by Gasteiger charge is -2.07. The Kier molecular flexibility index (Phi) is 4.80. The minimum Gasteiger partial charge on any atom is -0.271 e. The Labute approximate surface area is 126 Å². The molecule has 0 radical (unpaired) electrons. The average molecular weight is 307 g/mol. The molecule has 114 valence electrons. The van der Waals surface area contributed by atoms with Crippen molar-refractivity contribution < 1.29 is 8.42 Å². The molecule has 2 aromatic rings. The number of aryl methyl sites for hydroxylation is 3. The number of benzene rings is 1. The average Bonchev–Trinajstić information content (AvgIpc) is 2.70. The normalized spacial score (nSPS) is 11.8. The molecule has 1 heterocycles. The molecule has 5 nitrogen and oxygen atoms in total. The molecule has 1 aromatic carbocycles. The first-order valence-electron chi connectivity index (χ1n) is 6.95. The molecule has 0 aliphatic rings. The van der Waals surface area contributed by atoms with Gasteiger partial charge in [-0.2, -0.15) is 5.10 Å². The molecule has 2 rings (SSSR count). The molecule has 0 unspecified atom stereocenters. The van der Waals surface area contributed by atoms with Gasteiger partial charge in [-0.25, -0.2) is 13.1 Å². The highest BCUT2D eigenvalue weighted by Gasteiger charge is 2.22. The summed E-state index contributed by atoms with van der Waals surface area (Å²) in [5.41, 5.74) is 2.40. The van der Waals surface area contributed by atoms with Crippen molar-refractivity contribution in [2.75, 3.05) is 6.54 Å². The van der Waals surface area contributed by atoms with Gasteiger partial charge < -0.3 is 0 Å².